The fourth-order valence-corrected chi connectivity index (χ4v) is 2.17. The minimum atomic E-state index is 0.147. The molecule has 2 aromatic heterocycles. The van der Waals surface area contributed by atoms with Gasteiger partial charge in [0.1, 0.15) is 0 Å². The van der Waals surface area contributed by atoms with Gasteiger partial charge in [-0.25, -0.2) is 0 Å². The second-order valence-corrected chi connectivity index (χ2v) is 4.73. The third-order valence-corrected chi connectivity index (χ3v) is 2.95. The Morgan fingerprint density at radius 2 is 2.11 bits per heavy atom. The Kier molecular flexibility index (Phi) is 3.81. The molecule has 0 aliphatic rings. The molecule has 0 aliphatic carbocycles. The van der Waals surface area contributed by atoms with Crippen molar-refractivity contribution in [3.8, 4) is 0 Å². The molecule has 0 radical (unpaired) electrons. The number of rotatable bonds is 5. The SMILES string of the molecule is CCNC(c1cnn(C)c1)c1ccnn1C(C)C. The molecule has 0 fully saturated rings. The quantitative estimate of drug-likeness (QED) is 0.877. The predicted molar refractivity (Wildman–Crippen MR) is 71.3 cm³/mol. The molecule has 1 N–H and O–H groups in total. The molecule has 0 aliphatic heterocycles. The third-order valence-electron chi connectivity index (χ3n) is 2.95. The van der Waals surface area contributed by atoms with Crippen LogP contribution in [0.3, 0.4) is 0 Å². The zero-order valence-electron chi connectivity index (χ0n) is 11.5. The van der Waals surface area contributed by atoms with E-state index in [1.165, 1.54) is 11.3 Å². The van der Waals surface area contributed by atoms with Crippen molar-refractivity contribution < 1.29 is 0 Å². The summed E-state index contributed by atoms with van der Waals surface area (Å²) in [6, 6.07) is 2.57. The van der Waals surface area contributed by atoms with Gasteiger partial charge < -0.3 is 5.32 Å². The van der Waals surface area contributed by atoms with E-state index in [1.54, 1.807) is 0 Å². The van der Waals surface area contributed by atoms with Gasteiger partial charge in [-0.15, -0.1) is 0 Å². The molecule has 0 saturated heterocycles. The maximum absolute atomic E-state index is 4.40. The van der Waals surface area contributed by atoms with Crippen LogP contribution in [0.25, 0.3) is 0 Å². The van der Waals surface area contributed by atoms with Crippen molar-refractivity contribution >= 4 is 0 Å². The number of aromatic nitrogens is 4. The summed E-state index contributed by atoms with van der Waals surface area (Å²) >= 11 is 0. The highest BCUT2D eigenvalue weighted by Gasteiger charge is 2.19. The fourth-order valence-electron chi connectivity index (χ4n) is 2.17. The zero-order valence-corrected chi connectivity index (χ0v) is 11.5. The van der Waals surface area contributed by atoms with Crippen LogP contribution in [0.15, 0.2) is 24.7 Å². The van der Waals surface area contributed by atoms with Gasteiger partial charge in [-0.05, 0) is 26.5 Å². The van der Waals surface area contributed by atoms with Crippen molar-refractivity contribution in [2.75, 3.05) is 6.54 Å². The van der Waals surface area contributed by atoms with Gasteiger partial charge in [0.25, 0.3) is 0 Å². The van der Waals surface area contributed by atoms with E-state index in [9.17, 15) is 0 Å². The van der Waals surface area contributed by atoms with E-state index < -0.39 is 0 Å². The molecule has 0 amide bonds. The van der Waals surface area contributed by atoms with Crippen molar-refractivity contribution in [1.82, 2.24) is 24.9 Å². The van der Waals surface area contributed by atoms with Crippen LogP contribution < -0.4 is 5.32 Å². The van der Waals surface area contributed by atoms with Crippen LogP contribution in [0.4, 0.5) is 0 Å². The van der Waals surface area contributed by atoms with Gasteiger partial charge in [-0.1, -0.05) is 6.92 Å². The average molecular weight is 247 g/mol. The summed E-state index contributed by atoms with van der Waals surface area (Å²) in [5, 5.41) is 12.1. The number of hydrogen-bond acceptors (Lipinski definition) is 3. The smallest absolute Gasteiger partial charge is 0.0779 e. The Hall–Kier alpha value is -1.62. The van der Waals surface area contributed by atoms with Crippen LogP contribution in [-0.4, -0.2) is 26.1 Å². The van der Waals surface area contributed by atoms with Gasteiger partial charge in [0.2, 0.25) is 0 Å². The van der Waals surface area contributed by atoms with Crippen molar-refractivity contribution in [2.24, 2.45) is 7.05 Å². The van der Waals surface area contributed by atoms with Crippen LogP contribution in [0.5, 0.6) is 0 Å². The second-order valence-electron chi connectivity index (χ2n) is 4.73. The summed E-state index contributed by atoms with van der Waals surface area (Å²) in [4.78, 5) is 0. The van der Waals surface area contributed by atoms with Crippen molar-refractivity contribution in [1.29, 1.82) is 0 Å². The zero-order chi connectivity index (χ0) is 13.1. The van der Waals surface area contributed by atoms with Gasteiger partial charge in [0.15, 0.2) is 0 Å². The maximum Gasteiger partial charge on any atom is 0.0779 e. The molecule has 2 aromatic rings. The lowest BCUT2D eigenvalue weighted by molar-refractivity contribution is 0.476. The number of hydrogen-bond donors (Lipinski definition) is 1. The predicted octanol–water partition coefficient (Wildman–Crippen LogP) is 1.90. The van der Waals surface area contributed by atoms with Crippen LogP contribution in [0.2, 0.25) is 0 Å². The van der Waals surface area contributed by atoms with E-state index >= 15 is 0 Å². The molecular weight excluding hydrogens is 226 g/mol. The van der Waals surface area contributed by atoms with Crippen molar-refractivity contribution in [2.45, 2.75) is 32.9 Å². The molecular formula is C13H21N5. The Balaban J connectivity index is 2.38. The lowest BCUT2D eigenvalue weighted by atomic mass is 10.1. The van der Waals surface area contributed by atoms with Gasteiger partial charge in [-0.2, -0.15) is 10.2 Å². The summed E-state index contributed by atoms with van der Waals surface area (Å²) in [5.74, 6) is 0. The minimum Gasteiger partial charge on any atom is -0.305 e. The largest absolute Gasteiger partial charge is 0.305 e. The second kappa shape index (κ2) is 5.35. The van der Waals surface area contributed by atoms with E-state index in [4.69, 9.17) is 0 Å². The molecule has 2 heterocycles. The third kappa shape index (κ3) is 2.46. The summed E-state index contributed by atoms with van der Waals surface area (Å²) in [6.07, 6.45) is 5.81. The molecule has 5 nitrogen and oxygen atoms in total. The Morgan fingerprint density at radius 3 is 2.67 bits per heavy atom. The van der Waals surface area contributed by atoms with Crippen LogP contribution in [0.1, 0.15) is 44.1 Å². The summed E-state index contributed by atoms with van der Waals surface area (Å²) in [7, 11) is 1.94. The number of nitrogens with zero attached hydrogens (tertiary/aromatic N) is 4. The molecule has 0 aromatic carbocycles. The van der Waals surface area contributed by atoms with Gasteiger partial charge in [0, 0.05) is 31.0 Å². The first-order valence-electron chi connectivity index (χ1n) is 6.38. The standard InChI is InChI=1S/C13H21N5/c1-5-14-13(11-8-16-17(4)9-11)12-6-7-15-18(12)10(2)3/h6-10,13-14H,5H2,1-4H3. The monoisotopic (exact) mass is 247 g/mol. The average Bonchev–Trinajstić information content (AvgIpc) is 2.94. The first-order chi connectivity index (χ1) is 8.63. The number of aryl methyl sites for hydroxylation is 1. The Labute approximate surface area is 108 Å². The van der Waals surface area contributed by atoms with E-state index in [1.807, 2.05) is 30.3 Å². The summed E-state index contributed by atoms with van der Waals surface area (Å²) in [6.45, 7) is 7.30. The molecule has 0 saturated carbocycles. The molecule has 0 bridgehead atoms. The number of nitrogens with one attached hydrogen (secondary N) is 1. The highest BCUT2D eigenvalue weighted by molar-refractivity contribution is 5.23. The lowest BCUT2D eigenvalue weighted by Gasteiger charge is -2.20. The summed E-state index contributed by atoms with van der Waals surface area (Å²) < 4.78 is 3.89. The highest BCUT2D eigenvalue weighted by atomic mass is 15.3. The molecule has 0 spiro atoms. The normalized spacial score (nSPS) is 13.2. The molecule has 1 unspecified atom stereocenters. The van der Waals surface area contributed by atoms with Crippen LogP contribution >= 0.6 is 0 Å². The first-order valence-corrected chi connectivity index (χ1v) is 6.38. The van der Waals surface area contributed by atoms with Crippen LogP contribution in [-0.2, 0) is 7.05 Å². The van der Waals surface area contributed by atoms with E-state index in [0.29, 0.717) is 6.04 Å². The Morgan fingerprint density at radius 1 is 1.33 bits per heavy atom. The van der Waals surface area contributed by atoms with Gasteiger partial charge >= 0.3 is 0 Å². The van der Waals surface area contributed by atoms with Gasteiger partial charge in [-0.3, -0.25) is 9.36 Å². The molecule has 1 atom stereocenters. The first kappa shape index (κ1) is 12.8. The minimum absolute atomic E-state index is 0.147. The van der Waals surface area contributed by atoms with E-state index in [2.05, 4.69) is 47.0 Å². The Bertz CT molecular complexity index is 497. The molecule has 18 heavy (non-hydrogen) atoms. The van der Waals surface area contributed by atoms with Crippen molar-refractivity contribution in [3.05, 3.63) is 35.9 Å². The van der Waals surface area contributed by atoms with Crippen LogP contribution in [0, 0.1) is 0 Å². The summed E-state index contributed by atoms with van der Waals surface area (Å²) in [5.41, 5.74) is 2.35. The molecule has 5 heteroatoms. The topological polar surface area (TPSA) is 47.7 Å². The molecule has 98 valence electrons. The fraction of sp³-hybridized carbons (Fsp3) is 0.538. The molecule has 2 rings (SSSR count). The van der Waals surface area contributed by atoms with Crippen molar-refractivity contribution in [3.63, 3.8) is 0 Å². The maximum atomic E-state index is 4.40. The van der Waals surface area contributed by atoms with E-state index in [0.717, 1.165) is 6.54 Å². The lowest BCUT2D eigenvalue weighted by Crippen LogP contribution is -2.25. The van der Waals surface area contributed by atoms with Gasteiger partial charge in [0.05, 0.1) is 17.9 Å². The van der Waals surface area contributed by atoms with E-state index in [-0.39, 0.29) is 6.04 Å². The highest BCUT2D eigenvalue weighted by Crippen LogP contribution is 2.23.